The van der Waals surface area contributed by atoms with Crippen molar-refractivity contribution in [3.63, 3.8) is 0 Å². The zero-order chi connectivity index (χ0) is 53.0. The first-order valence-electron chi connectivity index (χ1n) is 26.4. The molecule has 1 amide bonds. The third-order valence-corrected chi connectivity index (χ3v) is 17.3. The van der Waals surface area contributed by atoms with Crippen LogP contribution in [0.4, 0.5) is 34.5 Å². The summed E-state index contributed by atoms with van der Waals surface area (Å²) in [6, 6.07) is 13.2. The van der Waals surface area contributed by atoms with Crippen molar-refractivity contribution in [2.75, 3.05) is 106 Å². The van der Waals surface area contributed by atoms with Gasteiger partial charge in [-0.25, -0.2) is 14.5 Å². The van der Waals surface area contributed by atoms with Crippen LogP contribution in [-0.4, -0.2) is 138 Å². The molecule has 0 bridgehead atoms. The second kappa shape index (κ2) is 23.4. The molecule has 3 aliphatic rings. The smallest absolute Gasteiger partial charge is 0.420 e. The first kappa shape index (κ1) is 53.7. The molecule has 400 valence electrons. The molecule has 19 nitrogen and oxygen atoms in total. The number of rotatable bonds is 19. The number of aryl methyl sites for hydroxylation is 2. The van der Waals surface area contributed by atoms with Gasteiger partial charge < -0.3 is 49.2 Å². The maximum Gasteiger partial charge on any atom is 0.420 e. The lowest BCUT2D eigenvalue weighted by atomic mass is 9.95. The van der Waals surface area contributed by atoms with E-state index in [1.54, 1.807) is 37.9 Å². The van der Waals surface area contributed by atoms with E-state index in [2.05, 4.69) is 80.6 Å². The number of amides is 1. The molecule has 1 unspecified atom stereocenters. The number of aromatic nitrogens is 5. The number of carbonyl (C=O) groups is 2. The van der Waals surface area contributed by atoms with Crippen molar-refractivity contribution in [3.05, 3.63) is 85.8 Å². The van der Waals surface area contributed by atoms with Crippen LogP contribution >= 0.6 is 23.1 Å². The third-order valence-electron chi connectivity index (χ3n) is 15.2. The highest BCUT2D eigenvalue weighted by Crippen LogP contribution is 2.42. The topological polar surface area (TPSA) is 205 Å². The number of likely N-dealkylation sites (N-methyl/N-ethyl adjacent to an activating group) is 1. The Hall–Kier alpha value is -6.08. The van der Waals surface area contributed by atoms with Crippen LogP contribution in [0.3, 0.4) is 0 Å². The Morgan fingerprint density at radius 2 is 1.64 bits per heavy atom. The number of para-hydroxylation sites is 1. The van der Waals surface area contributed by atoms with Crippen LogP contribution in [0.1, 0.15) is 70.9 Å². The molecule has 3 N–H and O–H groups in total. The Kier molecular flexibility index (Phi) is 16.8. The summed E-state index contributed by atoms with van der Waals surface area (Å²) in [6.45, 7) is 19.3. The minimum atomic E-state index is -2.91. The highest BCUT2D eigenvalue weighted by molar-refractivity contribution is 9.10. The lowest BCUT2D eigenvalue weighted by Crippen LogP contribution is -2.54. The highest BCUT2D eigenvalue weighted by Gasteiger charge is 2.32. The average molecular weight is 1110 g/mol. The second-order valence-corrected chi connectivity index (χ2v) is 24.2. The van der Waals surface area contributed by atoms with Gasteiger partial charge in [0.1, 0.15) is 31.0 Å². The van der Waals surface area contributed by atoms with Gasteiger partial charge in [-0.1, -0.05) is 13.0 Å². The number of nitrogens with one attached hydrogen (secondary N) is 3. The normalized spacial score (nSPS) is 16.9. The lowest BCUT2D eigenvalue weighted by Gasteiger charge is -2.44. The van der Waals surface area contributed by atoms with E-state index < -0.39 is 18.9 Å². The van der Waals surface area contributed by atoms with Crippen LogP contribution in [0.15, 0.2) is 73.3 Å². The number of anilines is 6. The van der Waals surface area contributed by atoms with E-state index in [0.717, 1.165) is 114 Å². The van der Waals surface area contributed by atoms with Gasteiger partial charge in [0.2, 0.25) is 11.9 Å². The average Bonchev–Trinajstić information content (AvgIpc) is 3.76. The predicted octanol–water partition coefficient (Wildman–Crippen LogP) is 7.34. The molecular weight excluding hydrogens is 1040 g/mol. The fraction of sp³-hybridized carbons (Fsp3) is 0.500. The first-order chi connectivity index (χ1) is 36.2. The molecule has 21 heteroatoms. The van der Waals surface area contributed by atoms with Gasteiger partial charge in [-0.05, 0) is 123 Å². The zero-order valence-corrected chi connectivity index (χ0v) is 46.4. The van der Waals surface area contributed by atoms with E-state index in [9.17, 15) is 23.7 Å². The van der Waals surface area contributed by atoms with Crippen molar-refractivity contribution in [1.82, 2.24) is 39.4 Å². The molecule has 3 aliphatic heterocycles. The second-order valence-electron chi connectivity index (χ2n) is 20.2. The van der Waals surface area contributed by atoms with Crippen LogP contribution in [0.5, 0.6) is 5.75 Å². The molecule has 3 fully saturated rings. The Morgan fingerprint density at radius 1 is 0.907 bits per heavy atom. The standard InChI is InChI=1S/C54H70BrN12O7P/c1-7-36-30-42(60-53-57-33-40(55)50(61-53)59-41-16-15-38-39(49(41)75(5,6)72)32-58-66(8-2)52(38)70)47(73-9-3)31-46(36)65-23-19-37(20-24-65)63-27-25-62(26-28-63)34-35-17-21-64(22-18-35)43-12-10-13-44-48(43)74-54(71)67(44)45(14-11-29-68)51(69)56-4/h10,12-13,15-16,29-33,35,37,45H,7-9,11,14,17-28,34H2,1-6H3,(H,56,69)(H2,57,59,60,61). The van der Waals surface area contributed by atoms with Crippen LogP contribution in [0, 0.1) is 5.92 Å². The number of benzene rings is 3. The minimum absolute atomic E-state index is 0.161. The van der Waals surface area contributed by atoms with E-state index in [0.29, 0.717) is 74.2 Å². The lowest BCUT2D eigenvalue weighted by molar-refractivity contribution is -0.124. The number of nitrogens with zero attached hydrogens (tertiary/aromatic N) is 9. The predicted molar refractivity (Wildman–Crippen MR) is 301 cm³/mol. The number of halogens is 1. The van der Waals surface area contributed by atoms with Crippen molar-refractivity contribution < 1.29 is 23.3 Å². The molecule has 0 spiro atoms. The molecule has 9 rings (SSSR count). The van der Waals surface area contributed by atoms with E-state index in [-0.39, 0.29) is 24.3 Å². The molecule has 1 atom stereocenters. The van der Waals surface area contributed by atoms with Gasteiger partial charge >= 0.3 is 5.76 Å². The quantitative estimate of drug-likeness (QED) is 0.0536. The number of ether oxygens (including phenoxy) is 1. The van der Waals surface area contributed by atoms with E-state index in [4.69, 9.17) is 14.1 Å². The highest BCUT2D eigenvalue weighted by atomic mass is 79.9. The molecule has 6 heterocycles. The maximum absolute atomic E-state index is 13.8. The zero-order valence-electron chi connectivity index (χ0n) is 43.9. The number of fused-ring (bicyclic) bond motifs is 2. The summed E-state index contributed by atoms with van der Waals surface area (Å²) >= 11 is 3.61. The monoisotopic (exact) mass is 1110 g/mol. The van der Waals surface area contributed by atoms with Crippen molar-refractivity contribution in [3.8, 4) is 5.75 Å². The van der Waals surface area contributed by atoms with Crippen LogP contribution in [-0.2, 0) is 27.1 Å². The summed E-state index contributed by atoms with van der Waals surface area (Å²) in [4.78, 5) is 69.9. The van der Waals surface area contributed by atoms with E-state index in [1.807, 2.05) is 32.0 Å². The summed E-state index contributed by atoms with van der Waals surface area (Å²) in [5, 5.41) is 15.3. The molecule has 3 saturated heterocycles. The largest absolute Gasteiger partial charge is 0.492 e. The van der Waals surface area contributed by atoms with E-state index >= 15 is 0 Å². The van der Waals surface area contributed by atoms with Gasteiger partial charge in [-0.3, -0.25) is 19.1 Å². The molecular formula is C54H70BrN12O7P. The van der Waals surface area contributed by atoms with Crippen LogP contribution in [0.2, 0.25) is 0 Å². The summed E-state index contributed by atoms with van der Waals surface area (Å²) in [5.41, 5.74) is 5.42. The van der Waals surface area contributed by atoms with Crippen molar-refractivity contribution >= 4 is 97.0 Å². The van der Waals surface area contributed by atoms with Gasteiger partial charge in [0.25, 0.3) is 5.56 Å². The van der Waals surface area contributed by atoms with Crippen molar-refractivity contribution in [1.29, 1.82) is 0 Å². The van der Waals surface area contributed by atoms with Crippen molar-refractivity contribution in [2.45, 2.75) is 84.3 Å². The minimum Gasteiger partial charge on any atom is -0.492 e. The Balaban J connectivity index is 0.794. The number of carbonyl (C=O) groups excluding carboxylic acids is 2. The SMILES string of the molecule is CCOc1cc(N2CCC(N3CCN(CC4CCN(c5cccc6c5oc(=O)n6C(CCC=O)C(=O)NC)CC4)CC3)CC2)c(CC)cc1Nc1ncc(Br)c(Nc2ccc3c(=O)n(CC)ncc3c2P(C)(C)=O)n1. The number of hydrogen-bond acceptors (Lipinski definition) is 16. The van der Waals surface area contributed by atoms with Gasteiger partial charge in [0.15, 0.2) is 5.58 Å². The maximum atomic E-state index is 13.8. The molecule has 3 aromatic carbocycles. The van der Waals surface area contributed by atoms with Crippen molar-refractivity contribution in [2.24, 2.45) is 5.92 Å². The summed E-state index contributed by atoms with van der Waals surface area (Å²) in [5.74, 6) is 1.19. The molecule has 0 aliphatic carbocycles. The Labute approximate surface area is 445 Å². The van der Waals surface area contributed by atoms with Gasteiger partial charge in [0, 0.05) is 114 Å². The van der Waals surface area contributed by atoms with E-state index in [1.165, 1.54) is 27.5 Å². The van der Waals surface area contributed by atoms with Gasteiger partial charge in [-0.2, -0.15) is 10.1 Å². The van der Waals surface area contributed by atoms with Crippen LogP contribution in [0.25, 0.3) is 21.9 Å². The number of piperidine rings is 2. The number of hydrogen-bond donors (Lipinski definition) is 3. The van der Waals surface area contributed by atoms with Gasteiger partial charge in [-0.15, -0.1) is 0 Å². The molecule has 3 aromatic heterocycles. The third kappa shape index (κ3) is 11.5. The fourth-order valence-electron chi connectivity index (χ4n) is 11.3. The molecule has 75 heavy (non-hydrogen) atoms. The fourth-order valence-corrected chi connectivity index (χ4v) is 13.1. The summed E-state index contributed by atoms with van der Waals surface area (Å²) in [7, 11) is -1.38. The van der Waals surface area contributed by atoms with Gasteiger partial charge in [0.05, 0.1) is 45.2 Å². The summed E-state index contributed by atoms with van der Waals surface area (Å²) < 4.78 is 29.3. The number of aldehydes is 1. The Bertz CT molecular complexity index is 3210. The summed E-state index contributed by atoms with van der Waals surface area (Å²) in [6.07, 6.45) is 9.53. The van der Waals surface area contributed by atoms with Crippen LogP contribution < -0.4 is 47.1 Å². The Morgan fingerprint density at radius 3 is 2.32 bits per heavy atom. The first-order valence-corrected chi connectivity index (χ1v) is 29.8. The number of piperazine rings is 1. The molecule has 0 radical (unpaired) electrons. The number of oxazole rings is 1. The molecule has 6 aromatic rings. The molecule has 0 saturated carbocycles.